The van der Waals surface area contributed by atoms with Crippen LogP contribution in [0, 0.1) is 0 Å². The first-order valence-electron chi connectivity index (χ1n) is 6.91. The molecule has 0 fully saturated rings. The van der Waals surface area contributed by atoms with Crippen molar-refractivity contribution in [3.05, 3.63) is 0 Å². The van der Waals surface area contributed by atoms with Gasteiger partial charge in [-0.1, -0.05) is 26.2 Å². The molecule has 0 saturated carbocycles. The summed E-state index contributed by atoms with van der Waals surface area (Å²) in [4.78, 5) is 0. The van der Waals surface area contributed by atoms with Crippen molar-refractivity contribution < 1.29 is 21.7 Å². The molecule has 0 spiro atoms. The summed E-state index contributed by atoms with van der Waals surface area (Å²) >= 11 is 0. The molecule has 0 aromatic rings. The van der Waals surface area contributed by atoms with Crippen molar-refractivity contribution in [2.75, 3.05) is 13.2 Å². The second-order valence-corrected chi connectivity index (χ2v) is 7.88. The predicted molar refractivity (Wildman–Crippen MR) is 78.6 cm³/mol. The number of hydrogen-bond donors (Lipinski definition) is 0. The zero-order chi connectivity index (χ0) is 14.7. The Labute approximate surface area is 119 Å². The van der Waals surface area contributed by atoms with Gasteiger partial charge in [0, 0.05) is 19.3 Å². The van der Waals surface area contributed by atoms with Crippen molar-refractivity contribution in [3.8, 4) is 0 Å². The van der Waals surface area contributed by atoms with E-state index in [1.54, 1.807) is 0 Å². The molecule has 5 nitrogen and oxygen atoms in total. The monoisotopic (exact) mass is 310 g/mol. The first-order chi connectivity index (χ1) is 9.01. The van der Waals surface area contributed by atoms with E-state index in [0.717, 1.165) is 25.7 Å². The Morgan fingerprint density at radius 2 is 1.58 bits per heavy atom. The van der Waals surface area contributed by atoms with Gasteiger partial charge in [-0.3, -0.25) is 0 Å². The van der Waals surface area contributed by atoms with Gasteiger partial charge in [-0.05, 0) is 27.2 Å². The lowest BCUT2D eigenvalue weighted by molar-refractivity contribution is 0.112. The van der Waals surface area contributed by atoms with E-state index in [-0.39, 0.29) is 5.05 Å². The lowest BCUT2D eigenvalue weighted by Crippen LogP contribution is -2.47. The fraction of sp³-hybridized carbons (Fsp3) is 0.917. The van der Waals surface area contributed by atoms with Gasteiger partial charge in [-0.25, -0.2) is 0 Å². The SMILES string of the molecule is CCCCCC[Si](OCC)(OCC)OC(C)=S(=O)=O. The molecule has 0 aromatic heterocycles. The molecule has 0 bridgehead atoms. The minimum absolute atomic E-state index is 0.0518. The summed E-state index contributed by atoms with van der Waals surface area (Å²) in [6.07, 6.45) is 4.31. The Hall–Kier alpha value is -0.213. The zero-order valence-electron chi connectivity index (χ0n) is 12.4. The van der Waals surface area contributed by atoms with Crippen molar-refractivity contribution in [1.82, 2.24) is 0 Å². The molecular weight excluding hydrogens is 284 g/mol. The van der Waals surface area contributed by atoms with Crippen LogP contribution in [-0.4, -0.2) is 35.5 Å². The molecule has 7 heteroatoms. The average Bonchev–Trinajstić information content (AvgIpc) is 2.35. The summed E-state index contributed by atoms with van der Waals surface area (Å²) in [5, 5.41) is -0.0518. The Bertz CT molecular complexity index is 352. The second-order valence-electron chi connectivity index (χ2n) is 4.19. The first-order valence-corrected chi connectivity index (χ1v) is 9.91. The molecule has 0 aliphatic carbocycles. The first kappa shape index (κ1) is 18.8. The Balaban J connectivity index is 4.80. The van der Waals surface area contributed by atoms with Gasteiger partial charge in [0.1, 0.15) is 0 Å². The topological polar surface area (TPSA) is 61.8 Å². The van der Waals surface area contributed by atoms with Gasteiger partial charge in [0.2, 0.25) is 10.3 Å². The smallest absolute Gasteiger partial charge is 0.374 e. The highest BCUT2D eigenvalue weighted by molar-refractivity contribution is 7.72. The Kier molecular flexibility index (Phi) is 10.4. The van der Waals surface area contributed by atoms with E-state index in [9.17, 15) is 8.42 Å². The van der Waals surface area contributed by atoms with Crippen molar-refractivity contribution >= 4 is 24.1 Å². The fourth-order valence-corrected chi connectivity index (χ4v) is 5.00. The van der Waals surface area contributed by atoms with E-state index in [2.05, 4.69) is 6.92 Å². The average molecular weight is 310 g/mol. The minimum Gasteiger partial charge on any atom is -0.374 e. The number of rotatable bonds is 10. The third kappa shape index (κ3) is 7.83. The summed E-state index contributed by atoms with van der Waals surface area (Å²) in [6, 6.07) is 0.656. The second kappa shape index (κ2) is 10.6. The summed E-state index contributed by atoms with van der Waals surface area (Å²) in [7, 11) is -5.26. The van der Waals surface area contributed by atoms with E-state index in [0.29, 0.717) is 19.3 Å². The van der Waals surface area contributed by atoms with Gasteiger partial charge in [0.25, 0.3) is 0 Å². The van der Waals surface area contributed by atoms with Crippen LogP contribution in [0.3, 0.4) is 0 Å². The van der Waals surface area contributed by atoms with Crippen LogP contribution in [0.25, 0.3) is 0 Å². The normalized spacial score (nSPS) is 11.6. The molecule has 0 amide bonds. The molecule has 0 aliphatic heterocycles. The maximum atomic E-state index is 10.9. The van der Waals surface area contributed by atoms with Crippen molar-refractivity contribution in [2.45, 2.75) is 59.4 Å². The lowest BCUT2D eigenvalue weighted by Gasteiger charge is -2.28. The highest BCUT2D eigenvalue weighted by Crippen LogP contribution is 2.20. The van der Waals surface area contributed by atoms with Crippen LogP contribution in [0.5, 0.6) is 0 Å². The lowest BCUT2D eigenvalue weighted by atomic mass is 10.2. The van der Waals surface area contributed by atoms with Crippen LogP contribution in [0.1, 0.15) is 53.4 Å². The van der Waals surface area contributed by atoms with Gasteiger partial charge < -0.3 is 13.3 Å². The summed E-state index contributed by atoms with van der Waals surface area (Å²) in [5.41, 5.74) is 0. The van der Waals surface area contributed by atoms with E-state index in [1.165, 1.54) is 6.92 Å². The van der Waals surface area contributed by atoms with Gasteiger partial charge >= 0.3 is 8.80 Å². The highest BCUT2D eigenvalue weighted by atomic mass is 32.2. The number of unbranched alkanes of at least 4 members (excludes halogenated alkanes) is 3. The standard InChI is InChI=1S/C12H26O5SSi/c1-5-8-9-10-11-19(15-6-2,16-7-3)17-12(4)18(13)14/h5-11H2,1-4H3. The molecule has 0 heterocycles. The van der Waals surface area contributed by atoms with Crippen molar-refractivity contribution in [1.29, 1.82) is 0 Å². The molecular formula is C12H26O5SSi. The molecule has 0 aromatic carbocycles. The molecule has 0 radical (unpaired) electrons. The van der Waals surface area contributed by atoms with Crippen molar-refractivity contribution in [3.63, 3.8) is 0 Å². The van der Waals surface area contributed by atoms with Crippen LogP contribution < -0.4 is 0 Å². The fourth-order valence-electron chi connectivity index (χ4n) is 1.76. The summed E-state index contributed by atoms with van der Waals surface area (Å²) < 4.78 is 38.7. The third-order valence-electron chi connectivity index (χ3n) is 2.60. The van der Waals surface area contributed by atoms with Gasteiger partial charge in [-0.2, -0.15) is 8.42 Å². The van der Waals surface area contributed by atoms with E-state index >= 15 is 0 Å². The Morgan fingerprint density at radius 1 is 1.00 bits per heavy atom. The predicted octanol–water partition coefficient (Wildman–Crippen LogP) is 2.62. The van der Waals surface area contributed by atoms with Gasteiger partial charge in [-0.15, -0.1) is 0 Å². The van der Waals surface area contributed by atoms with Crippen LogP contribution >= 0.6 is 0 Å². The largest absolute Gasteiger partial charge is 0.506 e. The van der Waals surface area contributed by atoms with Crippen LogP contribution in [-0.2, 0) is 23.6 Å². The van der Waals surface area contributed by atoms with E-state index in [4.69, 9.17) is 13.3 Å². The van der Waals surface area contributed by atoms with Crippen molar-refractivity contribution in [2.24, 2.45) is 0 Å². The molecule has 0 rings (SSSR count). The molecule has 0 atom stereocenters. The highest BCUT2D eigenvalue weighted by Gasteiger charge is 2.41. The van der Waals surface area contributed by atoms with Crippen LogP contribution in [0.2, 0.25) is 6.04 Å². The molecule has 0 saturated heterocycles. The molecule has 0 aliphatic rings. The van der Waals surface area contributed by atoms with Gasteiger partial charge in [0.05, 0.1) is 0 Å². The zero-order valence-corrected chi connectivity index (χ0v) is 14.2. The minimum atomic E-state index is -2.90. The van der Waals surface area contributed by atoms with Crippen LogP contribution in [0.15, 0.2) is 0 Å². The maximum absolute atomic E-state index is 10.9. The quantitative estimate of drug-likeness (QED) is 0.353. The van der Waals surface area contributed by atoms with Crippen LogP contribution in [0.4, 0.5) is 0 Å². The van der Waals surface area contributed by atoms with E-state index in [1.807, 2.05) is 13.8 Å². The Morgan fingerprint density at radius 3 is 2.00 bits per heavy atom. The maximum Gasteiger partial charge on any atom is 0.506 e. The molecule has 0 unspecified atom stereocenters. The summed E-state index contributed by atoms with van der Waals surface area (Å²) in [5.74, 6) is 0. The summed E-state index contributed by atoms with van der Waals surface area (Å²) in [6.45, 7) is 8.20. The van der Waals surface area contributed by atoms with E-state index < -0.39 is 19.1 Å². The molecule has 19 heavy (non-hydrogen) atoms. The number of hydrogen-bond acceptors (Lipinski definition) is 5. The third-order valence-corrected chi connectivity index (χ3v) is 6.34. The molecule has 114 valence electrons. The van der Waals surface area contributed by atoms with Gasteiger partial charge in [0.15, 0.2) is 5.05 Å². The molecule has 0 N–H and O–H groups in total.